The number of amides is 1. The van der Waals surface area contributed by atoms with Crippen molar-refractivity contribution in [3.05, 3.63) is 29.3 Å². The van der Waals surface area contributed by atoms with Crippen LogP contribution in [0.5, 0.6) is 5.75 Å². The van der Waals surface area contributed by atoms with Gasteiger partial charge in [-0.1, -0.05) is 26.0 Å². The summed E-state index contributed by atoms with van der Waals surface area (Å²) < 4.78 is 5.42. The average Bonchev–Trinajstić information content (AvgIpc) is 2.36. The third-order valence-electron chi connectivity index (χ3n) is 3.12. The monoisotopic (exact) mass is 264 g/mol. The van der Waals surface area contributed by atoms with E-state index in [0.29, 0.717) is 5.92 Å². The van der Waals surface area contributed by atoms with Gasteiger partial charge in [0.25, 0.3) is 0 Å². The van der Waals surface area contributed by atoms with Crippen LogP contribution in [0.3, 0.4) is 0 Å². The predicted octanol–water partition coefficient (Wildman–Crippen LogP) is 2.51. The first-order valence-corrected chi connectivity index (χ1v) is 6.52. The molecule has 1 aromatic rings. The van der Waals surface area contributed by atoms with Crippen LogP contribution in [0.1, 0.15) is 43.7 Å². The van der Waals surface area contributed by atoms with E-state index in [1.165, 1.54) is 5.56 Å². The van der Waals surface area contributed by atoms with Crippen LogP contribution in [0.25, 0.3) is 0 Å². The molecule has 0 saturated heterocycles. The Morgan fingerprint density at radius 3 is 2.37 bits per heavy atom. The van der Waals surface area contributed by atoms with Gasteiger partial charge >= 0.3 is 0 Å². The summed E-state index contributed by atoms with van der Waals surface area (Å²) >= 11 is 0. The molecule has 0 aromatic heterocycles. The molecule has 106 valence electrons. The van der Waals surface area contributed by atoms with Crippen molar-refractivity contribution < 1.29 is 9.53 Å². The zero-order valence-electron chi connectivity index (χ0n) is 12.7. The van der Waals surface area contributed by atoms with E-state index in [9.17, 15) is 4.79 Å². The van der Waals surface area contributed by atoms with Crippen LogP contribution in [0, 0.1) is 0 Å². The van der Waals surface area contributed by atoms with Crippen molar-refractivity contribution in [3.8, 4) is 5.75 Å². The van der Waals surface area contributed by atoms with Crippen molar-refractivity contribution in [2.24, 2.45) is 0 Å². The molecule has 0 aliphatic rings. The van der Waals surface area contributed by atoms with Gasteiger partial charge in [-0.05, 0) is 24.5 Å². The number of carbonyl (C=O) groups is 1. The van der Waals surface area contributed by atoms with Crippen molar-refractivity contribution in [2.75, 3.05) is 21.2 Å². The SMILES string of the molecule is COc1cc(C(C)C)ccc1C(C)C(=O)NN(C)C. The first-order valence-electron chi connectivity index (χ1n) is 6.52. The minimum Gasteiger partial charge on any atom is -0.496 e. The first kappa shape index (κ1) is 15.5. The Kier molecular flexibility index (Phi) is 5.36. The van der Waals surface area contributed by atoms with Crippen LogP contribution in [-0.4, -0.2) is 32.1 Å². The van der Waals surface area contributed by atoms with Crippen molar-refractivity contribution in [3.63, 3.8) is 0 Å². The van der Waals surface area contributed by atoms with Crippen molar-refractivity contribution >= 4 is 5.91 Å². The highest BCUT2D eigenvalue weighted by atomic mass is 16.5. The van der Waals surface area contributed by atoms with Crippen molar-refractivity contribution in [2.45, 2.75) is 32.6 Å². The van der Waals surface area contributed by atoms with E-state index in [2.05, 4.69) is 25.3 Å². The summed E-state index contributed by atoms with van der Waals surface area (Å²) in [6.45, 7) is 6.15. The molecule has 1 unspecified atom stereocenters. The molecule has 1 aromatic carbocycles. The zero-order chi connectivity index (χ0) is 14.6. The lowest BCUT2D eigenvalue weighted by atomic mass is 9.94. The third-order valence-corrected chi connectivity index (χ3v) is 3.12. The zero-order valence-corrected chi connectivity index (χ0v) is 12.7. The molecule has 0 spiro atoms. The molecule has 0 radical (unpaired) electrons. The Hall–Kier alpha value is -1.55. The number of hydrogen-bond acceptors (Lipinski definition) is 3. The molecule has 0 heterocycles. The lowest BCUT2D eigenvalue weighted by molar-refractivity contribution is -0.126. The number of rotatable bonds is 5. The standard InChI is InChI=1S/C15H24N2O2/c1-10(2)12-7-8-13(14(9-12)19-6)11(3)15(18)16-17(4)5/h7-11H,1-6H3,(H,16,18). The molecule has 4 nitrogen and oxygen atoms in total. The number of hydrazine groups is 1. The van der Waals surface area contributed by atoms with E-state index in [4.69, 9.17) is 4.74 Å². The molecule has 4 heteroatoms. The van der Waals surface area contributed by atoms with E-state index in [0.717, 1.165) is 11.3 Å². The molecule has 0 aliphatic heterocycles. The molecule has 0 fully saturated rings. The van der Waals surface area contributed by atoms with Crippen LogP contribution < -0.4 is 10.2 Å². The van der Waals surface area contributed by atoms with E-state index < -0.39 is 0 Å². The van der Waals surface area contributed by atoms with Gasteiger partial charge in [0.05, 0.1) is 13.0 Å². The Morgan fingerprint density at radius 2 is 1.89 bits per heavy atom. The van der Waals surface area contributed by atoms with E-state index in [1.54, 1.807) is 26.2 Å². The van der Waals surface area contributed by atoms with Crippen molar-refractivity contribution in [1.82, 2.24) is 10.4 Å². The second kappa shape index (κ2) is 6.57. The summed E-state index contributed by atoms with van der Waals surface area (Å²) in [5.41, 5.74) is 4.89. The van der Waals surface area contributed by atoms with Gasteiger partial charge in [0, 0.05) is 19.7 Å². The second-order valence-electron chi connectivity index (χ2n) is 5.25. The summed E-state index contributed by atoms with van der Waals surface area (Å²) in [5.74, 6) is 0.917. The van der Waals surface area contributed by atoms with Gasteiger partial charge in [0.15, 0.2) is 0 Å². The Balaban J connectivity index is 3.02. The van der Waals surface area contributed by atoms with Crippen LogP contribution in [0.4, 0.5) is 0 Å². The molecule has 0 bridgehead atoms. The molecule has 19 heavy (non-hydrogen) atoms. The fourth-order valence-corrected chi connectivity index (χ4v) is 1.90. The van der Waals surface area contributed by atoms with Gasteiger partial charge in [-0.2, -0.15) is 0 Å². The molecular formula is C15H24N2O2. The smallest absolute Gasteiger partial charge is 0.241 e. The largest absolute Gasteiger partial charge is 0.496 e. The second-order valence-corrected chi connectivity index (χ2v) is 5.25. The Bertz CT molecular complexity index is 442. The average molecular weight is 264 g/mol. The summed E-state index contributed by atoms with van der Waals surface area (Å²) in [4.78, 5) is 12.0. The normalized spacial score (nSPS) is 12.6. The Morgan fingerprint density at radius 1 is 1.26 bits per heavy atom. The number of benzene rings is 1. The highest BCUT2D eigenvalue weighted by Crippen LogP contribution is 2.30. The molecule has 1 rings (SSSR count). The molecular weight excluding hydrogens is 240 g/mol. The Labute approximate surface area is 115 Å². The fraction of sp³-hybridized carbons (Fsp3) is 0.533. The van der Waals surface area contributed by atoms with Gasteiger partial charge in [0.1, 0.15) is 5.75 Å². The van der Waals surface area contributed by atoms with Gasteiger partial charge < -0.3 is 4.74 Å². The van der Waals surface area contributed by atoms with Crippen LogP contribution >= 0.6 is 0 Å². The number of nitrogens with zero attached hydrogens (tertiary/aromatic N) is 1. The molecule has 1 amide bonds. The maximum Gasteiger partial charge on any atom is 0.241 e. The highest BCUT2D eigenvalue weighted by molar-refractivity contribution is 5.83. The van der Waals surface area contributed by atoms with Crippen LogP contribution in [0.15, 0.2) is 18.2 Å². The number of hydrogen-bond donors (Lipinski definition) is 1. The van der Waals surface area contributed by atoms with E-state index in [1.807, 2.05) is 19.1 Å². The molecule has 0 saturated carbocycles. The van der Waals surface area contributed by atoms with Gasteiger partial charge in [-0.25, -0.2) is 5.01 Å². The minimum atomic E-state index is -0.251. The van der Waals surface area contributed by atoms with Gasteiger partial charge in [-0.3, -0.25) is 10.2 Å². The predicted molar refractivity (Wildman–Crippen MR) is 77.3 cm³/mol. The highest BCUT2D eigenvalue weighted by Gasteiger charge is 2.20. The maximum absolute atomic E-state index is 12.0. The van der Waals surface area contributed by atoms with E-state index in [-0.39, 0.29) is 11.8 Å². The lowest BCUT2D eigenvalue weighted by Crippen LogP contribution is -2.38. The minimum absolute atomic E-state index is 0.0411. The van der Waals surface area contributed by atoms with Crippen LogP contribution in [-0.2, 0) is 4.79 Å². The molecule has 1 N–H and O–H groups in total. The number of ether oxygens (including phenoxy) is 1. The summed E-state index contributed by atoms with van der Waals surface area (Å²) in [6, 6.07) is 6.05. The number of nitrogens with one attached hydrogen (secondary N) is 1. The topological polar surface area (TPSA) is 41.6 Å². The maximum atomic E-state index is 12.0. The van der Waals surface area contributed by atoms with Gasteiger partial charge in [0.2, 0.25) is 5.91 Å². The quantitative estimate of drug-likeness (QED) is 0.831. The number of methoxy groups -OCH3 is 1. The van der Waals surface area contributed by atoms with Gasteiger partial charge in [-0.15, -0.1) is 0 Å². The summed E-state index contributed by atoms with van der Waals surface area (Å²) in [5, 5.41) is 1.65. The summed E-state index contributed by atoms with van der Waals surface area (Å²) in [6.07, 6.45) is 0. The fourth-order valence-electron chi connectivity index (χ4n) is 1.90. The molecule has 1 atom stereocenters. The summed E-state index contributed by atoms with van der Waals surface area (Å²) in [7, 11) is 5.23. The number of carbonyl (C=O) groups excluding carboxylic acids is 1. The van der Waals surface area contributed by atoms with E-state index >= 15 is 0 Å². The van der Waals surface area contributed by atoms with Crippen LogP contribution in [0.2, 0.25) is 0 Å². The lowest BCUT2D eigenvalue weighted by Gasteiger charge is -2.19. The molecule has 0 aliphatic carbocycles. The third kappa shape index (κ3) is 3.96. The van der Waals surface area contributed by atoms with Crippen molar-refractivity contribution in [1.29, 1.82) is 0 Å². The first-order chi connectivity index (χ1) is 8.86.